The number of nitrogens with one attached hydrogen (secondary N) is 1. The van der Waals surface area contributed by atoms with E-state index in [1.165, 1.54) is 12.1 Å². The van der Waals surface area contributed by atoms with Crippen molar-refractivity contribution in [2.24, 2.45) is 0 Å². The van der Waals surface area contributed by atoms with Crippen molar-refractivity contribution in [1.82, 2.24) is 0 Å². The van der Waals surface area contributed by atoms with Gasteiger partial charge in [0.05, 0.1) is 12.2 Å². The van der Waals surface area contributed by atoms with E-state index in [2.05, 4.69) is 5.32 Å². The van der Waals surface area contributed by atoms with Crippen LogP contribution in [0.1, 0.15) is 38.8 Å². The average molecular weight is 403 g/mol. The van der Waals surface area contributed by atoms with Crippen molar-refractivity contribution >= 4 is 29.7 Å². The van der Waals surface area contributed by atoms with E-state index in [0.29, 0.717) is 16.8 Å². The van der Waals surface area contributed by atoms with Gasteiger partial charge in [-0.25, -0.2) is 4.79 Å². The number of anilines is 1. The molecule has 3 aromatic carbocycles. The van der Waals surface area contributed by atoms with E-state index in [0.717, 1.165) is 11.1 Å². The van der Waals surface area contributed by atoms with Gasteiger partial charge in [0.15, 0.2) is 11.5 Å². The summed E-state index contributed by atoms with van der Waals surface area (Å²) in [6.45, 7) is 2.01. The molecule has 0 saturated heterocycles. The topological polar surface area (TPSA) is 95.9 Å². The van der Waals surface area contributed by atoms with E-state index in [4.69, 9.17) is 4.74 Å². The van der Waals surface area contributed by atoms with E-state index >= 15 is 0 Å². The second kappa shape index (κ2) is 9.43. The SMILES string of the molecule is CCOC(=O)c1cccc(NC(=O)c2ccc(/C=C/c3ccc(O)c(O)c3)cc2)c1. The van der Waals surface area contributed by atoms with Gasteiger partial charge in [-0.2, -0.15) is 0 Å². The Morgan fingerprint density at radius 2 is 1.57 bits per heavy atom. The fourth-order valence-corrected chi connectivity index (χ4v) is 2.72. The molecule has 0 aromatic heterocycles. The molecule has 152 valence electrons. The predicted molar refractivity (Wildman–Crippen MR) is 115 cm³/mol. The largest absolute Gasteiger partial charge is 0.504 e. The molecule has 3 aromatic rings. The second-order valence-electron chi connectivity index (χ2n) is 6.46. The summed E-state index contributed by atoms with van der Waals surface area (Å²) in [7, 11) is 0. The molecular formula is C24H21NO5. The van der Waals surface area contributed by atoms with Crippen LogP contribution < -0.4 is 5.32 Å². The molecule has 3 N–H and O–H groups in total. The molecule has 0 aliphatic rings. The lowest BCUT2D eigenvalue weighted by Gasteiger charge is -2.07. The van der Waals surface area contributed by atoms with Crippen LogP contribution in [-0.4, -0.2) is 28.7 Å². The summed E-state index contributed by atoms with van der Waals surface area (Å²) in [6.07, 6.45) is 3.62. The molecule has 6 heteroatoms. The Morgan fingerprint density at radius 3 is 2.27 bits per heavy atom. The van der Waals surface area contributed by atoms with E-state index in [-0.39, 0.29) is 24.0 Å². The number of rotatable bonds is 6. The Bertz CT molecular complexity index is 1090. The fourth-order valence-electron chi connectivity index (χ4n) is 2.72. The summed E-state index contributed by atoms with van der Waals surface area (Å²) < 4.78 is 4.97. The van der Waals surface area contributed by atoms with Crippen molar-refractivity contribution in [2.75, 3.05) is 11.9 Å². The molecule has 0 radical (unpaired) electrons. The van der Waals surface area contributed by atoms with Gasteiger partial charge in [0, 0.05) is 11.3 Å². The lowest BCUT2D eigenvalue weighted by atomic mass is 10.1. The molecular weight excluding hydrogens is 382 g/mol. The normalized spacial score (nSPS) is 10.7. The third kappa shape index (κ3) is 5.26. The lowest BCUT2D eigenvalue weighted by Crippen LogP contribution is -2.12. The Morgan fingerprint density at radius 1 is 0.867 bits per heavy atom. The highest BCUT2D eigenvalue weighted by Gasteiger charge is 2.10. The Kier molecular flexibility index (Phi) is 6.49. The average Bonchev–Trinajstić information content (AvgIpc) is 2.75. The number of benzene rings is 3. The molecule has 6 nitrogen and oxygen atoms in total. The zero-order valence-electron chi connectivity index (χ0n) is 16.3. The van der Waals surface area contributed by atoms with Crippen molar-refractivity contribution < 1.29 is 24.5 Å². The maximum absolute atomic E-state index is 12.5. The number of esters is 1. The standard InChI is InChI=1S/C24H21NO5/c1-2-30-24(29)19-4-3-5-20(15-19)25-23(28)18-11-8-16(9-12-18)6-7-17-10-13-21(26)22(27)14-17/h3-15,26-27H,2H2,1H3,(H,25,28)/b7-6+. The number of ether oxygens (including phenoxy) is 1. The quantitative estimate of drug-likeness (QED) is 0.315. The van der Waals surface area contributed by atoms with Gasteiger partial charge >= 0.3 is 5.97 Å². The van der Waals surface area contributed by atoms with Gasteiger partial charge in [-0.15, -0.1) is 0 Å². The molecule has 0 bridgehead atoms. The molecule has 0 aliphatic heterocycles. The summed E-state index contributed by atoms with van der Waals surface area (Å²) in [5, 5.41) is 21.7. The number of phenols is 2. The van der Waals surface area contributed by atoms with Gasteiger partial charge in [0.2, 0.25) is 0 Å². The highest BCUT2D eigenvalue weighted by molar-refractivity contribution is 6.05. The second-order valence-corrected chi connectivity index (χ2v) is 6.46. The first kappa shape index (κ1) is 20.7. The maximum Gasteiger partial charge on any atom is 0.338 e. The molecule has 0 heterocycles. The first-order valence-corrected chi connectivity index (χ1v) is 9.35. The number of hydrogen-bond acceptors (Lipinski definition) is 5. The highest BCUT2D eigenvalue weighted by atomic mass is 16.5. The van der Waals surface area contributed by atoms with Crippen LogP contribution in [0.5, 0.6) is 11.5 Å². The fraction of sp³-hybridized carbons (Fsp3) is 0.0833. The van der Waals surface area contributed by atoms with Crippen LogP contribution in [-0.2, 0) is 4.74 Å². The van der Waals surface area contributed by atoms with E-state index in [1.54, 1.807) is 67.6 Å². The maximum atomic E-state index is 12.5. The zero-order chi connectivity index (χ0) is 21.5. The molecule has 0 fully saturated rings. The number of carbonyl (C=O) groups is 2. The van der Waals surface area contributed by atoms with Crippen LogP contribution in [0.4, 0.5) is 5.69 Å². The highest BCUT2D eigenvalue weighted by Crippen LogP contribution is 2.25. The number of hydrogen-bond donors (Lipinski definition) is 3. The van der Waals surface area contributed by atoms with Gasteiger partial charge in [-0.05, 0) is 60.5 Å². The van der Waals surface area contributed by atoms with Crippen LogP contribution in [0.25, 0.3) is 12.2 Å². The molecule has 30 heavy (non-hydrogen) atoms. The van der Waals surface area contributed by atoms with Crippen molar-refractivity contribution in [3.8, 4) is 11.5 Å². The number of amides is 1. The molecule has 0 unspecified atom stereocenters. The van der Waals surface area contributed by atoms with E-state index in [1.807, 2.05) is 6.08 Å². The van der Waals surface area contributed by atoms with Gasteiger partial charge in [0.1, 0.15) is 0 Å². The summed E-state index contributed by atoms with van der Waals surface area (Å²) in [5.41, 5.74) is 2.94. The van der Waals surface area contributed by atoms with Crippen molar-refractivity contribution in [2.45, 2.75) is 6.92 Å². The van der Waals surface area contributed by atoms with Crippen LogP contribution in [0.2, 0.25) is 0 Å². The zero-order valence-corrected chi connectivity index (χ0v) is 16.3. The minimum Gasteiger partial charge on any atom is -0.504 e. The van der Waals surface area contributed by atoms with Crippen LogP contribution >= 0.6 is 0 Å². The third-order valence-corrected chi connectivity index (χ3v) is 4.27. The summed E-state index contributed by atoms with van der Waals surface area (Å²) >= 11 is 0. The third-order valence-electron chi connectivity index (χ3n) is 4.27. The lowest BCUT2D eigenvalue weighted by molar-refractivity contribution is 0.0526. The Hall–Kier alpha value is -4.06. The summed E-state index contributed by atoms with van der Waals surface area (Å²) in [6, 6.07) is 18.1. The van der Waals surface area contributed by atoms with Gasteiger partial charge < -0.3 is 20.3 Å². The number of phenolic OH excluding ortho intramolecular Hbond substituents is 2. The van der Waals surface area contributed by atoms with Crippen molar-refractivity contribution in [3.05, 3.63) is 89.0 Å². The van der Waals surface area contributed by atoms with Crippen molar-refractivity contribution in [3.63, 3.8) is 0 Å². The van der Waals surface area contributed by atoms with Crippen LogP contribution in [0.3, 0.4) is 0 Å². The molecule has 0 spiro atoms. The Balaban J connectivity index is 1.66. The number of carbonyl (C=O) groups excluding carboxylic acids is 2. The molecule has 0 aliphatic carbocycles. The minimum absolute atomic E-state index is 0.171. The molecule has 1 amide bonds. The van der Waals surface area contributed by atoms with Crippen LogP contribution in [0, 0.1) is 0 Å². The van der Waals surface area contributed by atoms with Gasteiger partial charge in [0.25, 0.3) is 5.91 Å². The predicted octanol–water partition coefficient (Wildman–Crippen LogP) is 4.70. The van der Waals surface area contributed by atoms with E-state index in [9.17, 15) is 19.8 Å². The monoisotopic (exact) mass is 403 g/mol. The Labute approximate surface area is 174 Å². The van der Waals surface area contributed by atoms with Gasteiger partial charge in [-0.3, -0.25) is 4.79 Å². The first-order chi connectivity index (χ1) is 14.5. The number of aromatic hydroxyl groups is 2. The molecule has 0 saturated carbocycles. The first-order valence-electron chi connectivity index (χ1n) is 9.35. The summed E-state index contributed by atoms with van der Waals surface area (Å²) in [4.78, 5) is 24.3. The summed E-state index contributed by atoms with van der Waals surface area (Å²) in [5.74, 6) is -1.09. The molecule has 3 rings (SSSR count). The minimum atomic E-state index is -0.438. The van der Waals surface area contributed by atoms with E-state index < -0.39 is 5.97 Å². The van der Waals surface area contributed by atoms with Crippen molar-refractivity contribution in [1.29, 1.82) is 0 Å². The van der Waals surface area contributed by atoms with Crippen LogP contribution in [0.15, 0.2) is 66.7 Å². The smallest absolute Gasteiger partial charge is 0.338 e. The van der Waals surface area contributed by atoms with Gasteiger partial charge in [-0.1, -0.05) is 36.4 Å². The molecule has 0 atom stereocenters.